The molecule has 0 spiro atoms. The maximum Gasteiger partial charge on any atom is 0.290 e. The largest absolute Gasteiger partial charge is 0.459 e. The Labute approximate surface area is 198 Å². The fourth-order valence-electron chi connectivity index (χ4n) is 3.79. The number of morpholine rings is 1. The molecule has 1 aliphatic rings. The van der Waals surface area contributed by atoms with Gasteiger partial charge in [-0.3, -0.25) is 14.5 Å². The van der Waals surface area contributed by atoms with E-state index in [4.69, 9.17) is 9.15 Å². The highest BCUT2D eigenvalue weighted by molar-refractivity contribution is 7.09. The van der Waals surface area contributed by atoms with Crippen LogP contribution in [0.2, 0.25) is 0 Å². The number of rotatable bonds is 10. The molecular weight excluding hydrogens is 438 g/mol. The van der Waals surface area contributed by atoms with Crippen LogP contribution in [0.3, 0.4) is 0 Å². The SMILES string of the molecule is O=C(CN(CCN1CCOCC1)C(=O)c1ccco1)N(Cc1ccccc1)Cc1cccs1. The summed E-state index contributed by atoms with van der Waals surface area (Å²) in [5.41, 5.74) is 1.06. The Morgan fingerprint density at radius 2 is 1.76 bits per heavy atom. The highest BCUT2D eigenvalue weighted by Crippen LogP contribution is 2.16. The van der Waals surface area contributed by atoms with Crippen LogP contribution in [0, 0.1) is 0 Å². The first-order valence-corrected chi connectivity index (χ1v) is 12.0. The highest BCUT2D eigenvalue weighted by Gasteiger charge is 2.25. The molecule has 1 aliphatic heterocycles. The topological polar surface area (TPSA) is 66.2 Å². The fourth-order valence-corrected chi connectivity index (χ4v) is 4.50. The maximum absolute atomic E-state index is 13.5. The summed E-state index contributed by atoms with van der Waals surface area (Å²) >= 11 is 1.62. The molecule has 33 heavy (non-hydrogen) atoms. The number of benzene rings is 1. The standard InChI is InChI=1S/C25H29N3O4S/c29-24(28(19-22-8-5-17-33-22)18-21-6-2-1-3-7-21)20-27(25(30)23-9-4-14-32-23)11-10-26-12-15-31-16-13-26/h1-9,14,17H,10-13,15-16,18-20H2. The van der Waals surface area contributed by atoms with Crippen LogP contribution >= 0.6 is 11.3 Å². The van der Waals surface area contributed by atoms with Gasteiger partial charge in [0.25, 0.3) is 5.91 Å². The Morgan fingerprint density at radius 1 is 0.939 bits per heavy atom. The van der Waals surface area contributed by atoms with Crippen LogP contribution in [0.5, 0.6) is 0 Å². The van der Waals surface area contributed by atoms with Crippen molar-refractivity contribution in [3.8, 4) is 0 Å². The smallest absolute Gasteiger partial charge is 0.290 e. The summed E-state index contributed by atoms with van der Waals surface area (Å²) in [6.45, 7) is 5.18. The van der Waals surface area contributed by atoms with Gasteiger partial charge in [-0.05, 0) is 29.1 Å². The van der Waals surface area contributed by atoms with Gasteiger partial charge in [0.1, 0.15) is 6.54 Å². The lowest BCUT2D eigenvalue weighted by atomic mass is 10.2. The van der Waals surface area contributed by atoms with Crippen molar-refractivity contribution in [2.75, 3.05) is 45.9 Å². The Balaban J connectivity index is 1.48. The maximum atomic E-state index is 13.5. The normalized spacial score (nSPS) is 14.2. The Kier molecular flexibility index (Phi) is 8.30. The molecule has 0 saturated carbocycles. The Bertz CT molecular complexity index is 986. The molecule has 0 aliphatic carbocycles. The van der Waals surface area contributed by atoms with Crippen LogP contribution < -0.4 is 0 Å². The molecule has 2 amide bonds. The molecule has 0 atom stereocenters. The van der Waals surface area contributed by atoms with Crippen LogP contribution in [0.4, 0.5) is 0 Å². The molecule has 1 aromatic carbocycles. The number of hydrogen-bond acceptors (Lipinski definition) is 6. The lowest BCUT2D eigenvalue weighted by molar-refractivity contribution is -0.133. The van der Waals surface area contributed by atoms with Crippen LogP contribution in [-0.4, -0.2) is 72.5 Å². The second-order valence-corrected chi connectivity index (χ2v) is 9.01. The number of hydrogen-bond donors (Lipinski definition) is 0. The molecule has 0 bridgehead atoms. The monoisotopic (exact) mass is 467 g/mol. The van der Waals surface area contributed by atoms with Crippen LogP contribution in [0.25, 0.3) is 0 Å². The predicted molar refractivity (Wildman–Crippen MR) is 127 cm³/mol. The molecular formula is C25H29N3O4S. The lowest BCUT2D eigenvalue weighted by Gasteiger charge is -2.31. The summed E-state index contributed by atoms with van der Waals surface area (Å²) in [7, 11) is 0. The second-order valence-electron chi connectivity index (χ2n) is 7.97. The first kappa shape index (κ1) is 23.2. The zero-order chi connectivity index (χ0) is 22.9. The van der Waals surface area contributed by atoms with Gasteiger partial charge in [-0.25, -0.2) is 0 Å². The van der Waals surface area contributed by atoms with Crippen molar-refractivity contribution in [3.63, 3.8) is 0 Å². The van der Waals surface area contributed by atoms with Gasteiger partial charge in [0.05, 0.1) is 26.0 Å². The van der Waals surface area contributed by atoms with E-state index in [1.807, 2.05) is 52.7 Å². The summed E-state index contributed by atoms with van der Waals surface area (Å²) in [4.78, 5) is 33.4. The molecule has 7 nitrogen and oxygen atoms in total. The summed E-state index contributed by atoms with van der Waals surface area (Å²) in [6.07, 6.45) is 1.48. The van der Waals surface area contributed by atoms with Crippen molar-refractivity contribution in [2.45, 2.75) is 13.1 Å². The Morgan fingerprint density at radius 3 is 2.45 bits per heavy atom. The van der Waals surface area contributed by atoms with Crippen molar-refractivity contribution in [1.29, 1.82) is 0 Å². The van der Waals surface area contributed by atoms with Crippen LogP contribution in [0.15, 0.2) is 70.7 Å². The molecule has 3 heterocycles. The molecule has 0 unspecified atom stereocenters. The van der Waals surface area contributed by atoms with Gasteiger partial charge in [0.15, 0.2) is 5.76 Å². The van der Waals surface area contributed by atoms with Crippen LogP contribution in [0.1, 0.15) is 21.0 Å². The number of carbonyl (C=O) groups excluding carboxylic acids is 2. The lowest BCUT2D eigenvalue weighted by Crippen LogP contribution is -2.47. The van der Waals surface area contributed by atoms with Crippen molar-refractivity contribution in [2.24, 2.45) is 0 Å². The van der Waals surface area contributed by atoms with E-state index in [1.54, 1.807) is 28.4 Å². The molecule has 174 valence electrons. The molecule has 4 rings (SSSR count). The van der Waals surface area contributed by atoms with Gasteiger partial charge >= 0.3 is 0 Å². The average Bonchev–Trinajstić information content (AvgIpc) is 3.57. The number of nitrogens with zero attached hydrogens (tertiary/aromatic N) is 3. The molecule has 0 radical (unpaired) electrons. The predicted octanol–water partition coefficient (Wildman–Crippen LogP) is 3.34. The Hall–Kier alpha value is -2.94. The zero-order valence-electron chi connectivity index (χ0n) is 18.6. The number of thiophene rings is 1. The quantitative estimate of drug-likeness (QED) is 0.458. The van der Waals surface area contributed by atoms with E-state index < -0.39 is 0 Å². The summed E-state index contributed by atoms with van der Waals surface area (Å²) < 4.78 is 10.8. The van der Waals surface area contributed by atoms with Crippen LogP contribution in [-0.2, 0) is 22.6 Å². The third-order valence-electron chi connectivity index (χ3n) is 5.63. The number of amides is 2. The van der Waals surface area contributed by atoms with E-state index in [9.17, 15) is 9.59 Å². The van der Waals surface area contributed by atoms with Crippen molar-refractivity contribution < 1.29 is 18.7 Å². The second kappa shape index (κ2) is 11.8. The van der Waals surface area contributed by atoms with Gasteiger partial charge in [-0.15, -0.1) is 11.3 Å². The first-order chi connectivity index (χ1) is 16.2. The molecule has 1 fully saturated rings. The molecule has 8 heteroatoms. The van der Waals surface area contributed by atoms with Crippen molar-refractivity contribution >= 4 is 23.2 Å². The van der Waals surface area contributed by atoms with E-state index >= 15 is 0 Å². The minimum atomic E-state index is -0.266. The van der Waals surface area contributed by atoms with Crippen molar-refractivity contribution in [1.82, 2.24) is 14.7 Å². The van der Waals surface area contributed by atoms with E-state index in [0.29, 0.717) is 39.4 Å². The number of carbonyl (C=O) groups is 2. The van der Waals surface area contributed by atoms with Gasteiger partial charge in [0.2, 0.25) is 5.91 Å². The summed E-state index contributed by atoms with van der Waals surface area (Å²) in [5.74, 6) is -0.107. The summed E-state index contributed by atoms with van der Waals surface area (Å²) in [6, 6.07) is 17.3. The molecule has 0 N–H and O–H groups in total. The van der Waals surface area contributed by atoms with Gasteiger partial charge in [-0.2, -0.15) is 0 Å². The van der Waals surface area contributed by atoms with Gasteiger partial charge in [0, 0.05) is 37.6 Å². The minimum Gasteiger partial charge on any atom is -0.459 e. The summed E-state index contributed by atoms with van der Waals surface area (Å²) in [5, 5.41) is 2.01. The van der Waals surface area contributed by atoms with Gasteiger partial charge < -0.3 is 19.0 Å². The molecule has 2 aromatic heterocycles. The highest BCUT2D eigenvalue weighted by atomic mass is 32.1. The molecule has 3 aromatic rings. The van der Waals surface area contributed by atoms with E-state index in [1.165, 1.54) is 6.26 Å². The molecule has 1 saturated heterocycles. The number of ether oxygens (including phenoxy) is 1. The van der Waals surface area contributed by atoms with E-state index in [2.05, 4.69) is 4.90 Å². The van der Waals surface area contributed by atoms with E-state index in [-0.39, 0.29) is 24.1 Å². The zero-order valence-corrected chi connectivity index (χ0v) is 19.4. The third kappa shape index (κ3) is 6.77. The number of furan rings is 1. The minimum absolute atomic E-state index is 0.00207. The first-order valence-electron chi connectivity index (χ1n) is 11.2. The average molecular weight is 468 g/mol. The third-order valence-corrected chi connectivity index (χ3v) is 6.49. The van der Waals surface area contributed by atoms with Crippen molar-refractivity contribution in [3.05, 3.63) is 82.4 Å². The van der Waals surface area contributed by atoms with E-state index in [0.717, 1.165) is 23.5 Å². The van der Waals surface area contributed by atoms with Gasteiger partial charge in [-0.1, -0.05) is 36.4 Å². The fraction of sp³-hybridized carbons (Fsp3) is 0.360.